The summed E-state index contributed by atoms with van der Waals surface area (Å²) < 4.78 is 0. The van der Waals surface area contributed by atoms with E-state index < -0.39 is 0 Å². The molecular formula is C35H30Cl2Hf. The van der Waals surface area contributed by atoms with E-state index in [4.69, 9.17) is 23.2 Å². The number of rotatable bonds is 4. The molecule has 0 saturated heterocycles. The molecule has 6 aromatic rings. The standard InChI is InChI=1S/C33H24Cl2.2CH3.Hf/c1-33(2,25-17-23-5-3-7-29(31(23)19-25)21-9-13-27(34)14-10-21)26-18-24-6-4-8-30(32(24)20-26)22-11-15-28(35)16-12-22;;;/h3-20H,1-2H3;2*1H3;/q-2;2*-1;+4. The Morgan fingerprint density at radius 1 is 0.553 bits per heavy atom. The molecule has 0 aliphatic rings. The monoisotopic (exact) mass is 700 g/mol. The first-order chi connectivity index (χ1) is 16.9. The van der Waals surface area contributed by atoms with Gasteiger partial charge >= 0.3 is 25.8 Å². The minimum atomic E-state index is -0.146. The summed E-state index contributed by atoms with van der Waals surface area (Å²) in [6.07, 6.45) is 0. The fourth-order valence-corrected chi connectivity index (χ4v) is 5.37. The van der Waals surface area contributed by atoms with Gasteiger partial charge in [-0.15, -0.1) is 69.1 Å². The van der Waals surface area contributed by atoms with Crippen LogP contribution in [0.25, 0.3) is 43.8 Å². The number of benzene rings is 4. The first-order valence-electron chi connectivity index (χ1n) is 11.8. The minimum Gasteiger partial charge on any atom is -0.358 e. The number of fused-ring (bicyclic) bond motifs is 2. The molecule has 0 amide bonds. The Hall–Kier alpha value is -2.45. The van der Waals surface area contributed by atoms with Crippen molar-refractivity contribution in [2.75, 3.05) is 0 Å². The molecular weight excluding hydrogens is 670 g/mol. The number of hydrogen-bond donors (Lipinski definition) is 0. The molecule has 0 N–H and O–H groups in total. The molecule has 0 spiro atoms. The Morgan fingerprint density at radius 3 is 1.29 bits per heavy atom. The van der Waals surface area contributed by atoms with Gasteiger partial charge in [0.05, 0.1) is 0 Å². The molecule has 0 nitrogen and oxygen atoms in total. The predicted molar refractivity (Wildman–Crippen MR) is 165 cm³/mol. The van der Waals surface area contributed by atoms with E-state index in [0.717, 1.165) is 10.0 Å². The summed E-state index contributed by atoms with van der Waals surface area (Å²) in [5.41, 5.74) is 7.32. The Kier molecular flexibility index (Phi) is 9.30. The normalized spacial score (nSPS) is 11.1. The molecule has 0 aliphatic carbocycles. The summed E-state index contributed by atoms with van der Waals surface area (Å²) in [6.45, 7) is 4.64. The molecule has 0 saturated carbocycles. The van der Waals surface area contributed by atoms with Crippen LogP contribution in [0.3, 0.4) is 0 Å². The van der Waals surface area contributed by atoms with Crippen LogP contribution < -0.4 is 0 Å². The van der Waals surface area contributed by atoms with Crippen molar-refractivity contribution >= 4 is 44.7 Å². The maximum absolute atomic E-state index is 6.13. The summed E-state index contributed by atoms with van der Waals surface area (Å²) in [7, 11) is 0. The molecule has 0 atom stereocenters. The van der Waals surface area contributed by atoms with E-state index in [-0.39, 0.29) is 46.1 Å². The van der Waals surface area contributed by atoms with E-state index >= 15 is 0 Å². The van der Waals surface area contributed by atoms with Gasteiger partial charge in [-0.05, 0) is 40.8 Å². The zero-order valence-corrected chi connectivity index (χ0v) is 27.3. The van der Waals surface area contributed by atoms with Gasteiger partial charge in [-0.2, -0.15) is 12.1 Å². The van der Waals surface area contributed by atoms with Gasteiger partial charge in [-0.25, -0.2) is 0 Å². The molecule has 0 radical (unpaired) electrons. The van der Waals surface area contributed by atoms with Crippen molar-refractivity contribution in [3.8, 4) is 22.3 Å². The van der Waals surface area contributed by atoms with Crippen LogP contribution in [0.1, 0.15) is 25.0 Å². The van der Waals surface area contributed by atoms with E-state index in [1.54, 1.807) is 0 Å². The summed E-state index contributed by atoms with van der Waals surface area (Å²) in [5.74, 6) is 0. The summed E-state index contributed by atoms with van der Waals surface area (Å²) in [4.78, 5) is 0. The molecule has 3 heteroatoms. The van der Waals surface area contributed by atoms with E-state index in [1.165, 1.54) is 54.9 Å². The van der Waals surface area contributed by atoms with Crippen molar-refractivity contribution in [2.24, 2.45) is 0 Å². The Morgan fingerprint density at radius 2 is 0.921 bits per heavy atom. The van der Waals surface area contributed by atoms with Crippen molar-refractivity contribution in [1.29, 1.82) is 0 Å². The van der Waals surface area contributed by atoms with Crippen molar-refractivity contribution in [1.82, 2.24) is 0 Å². The van der Waals surface area contributed by atoms with Crippen LogP contribution in [0, 0.1) is 14.9 Å². The Balaban J connectivity index is 0.00000133. The topological polar surface area (TPSA) is 0 Å². The molecule has 0 bridgehead atoms. The van der Waals surface area contributed by atoms with Crippen LogP contribution in [0.4, 0.5) is 0 Å². The Labute approximate surface area is 255 Å². The van der Waals surface area contributed by atoms with Crippen LogP contribution in [0.15, 0.2) is 109 Å². The van der Waals surface area contributed by atoms with Gasteiger partial charge in [0.2, 0.25) is 0 Å². The van der Waals surface area contributed by atoms with Crippen LogP contribution in [-0.2, 0) is 31.3 Å². The first kappa shape index (κ1) is 30.1. The van der Waals surface area contributed by atoms with Gasteiger partial charge in [0.25, 0.3) is 0 Å². The quantitative estimate of drug-likeness (QED) is 0.127. The van der Waals surface area contributed by atoms with Crippen molar-refractivity contribution in [3.63, 3.8) is 0 Å². The van der Waals surface area contributed by atoms with E-state index in [9.17, 15) is 0 Å². The van der Waals surface area contributed by atoms with Gasteiger partial charge in [0.1, 0.15) is 0 Å². The van der Waals surface area contributed by atoms with Crippen molar-refractivity contribution in [2.45, 2.75) is 19.3 Å². The largest absolute Gasteiger partial charge is 4.00 e. The molecule has 188 valence electrons. The van der Waals surface area contributed by atoms with Gasteiger partial charge in [-0.1, -0.05) is 84.6 Å². The SMILES string of the molecule is CC(C)(c1cc2c(-c3ccc(Cl)cc3)cccc2[cH-]1)c1cc2c(-c3ccc(Cl)cc3)cccc2[cH-]1.[CH3-].[CH3-].[Hf+4]. The maximum Gasteiger partial charge on any atom is 4.00 e. The fourth-order valence-electron chi connectivity index (χ4n) is 5.12. The predicted octanol–water partition coefficient (Wildman–Crippen LogP) is 11.3. The second-order valence-electron chi connectivity index (χ2n) is 9.74. The van der Waals surface area contributed by atoms with Gasteiger partial charge in [0.15, 0.2) is 0 Å². The first-order valence-corrected chi connectivity index (χ1v) is 12.6. The molecule has 0 aliphatic heterocycles. The third kappa shape index (κ3) is 5.35. The van der Waals surface area contributed by atoms with Gasteiger partial charge in [0, 0.05) is 10.0 Å². The van der Waals surface area contributed by atoms with Crippen LogP contribution in [0.2, 0.25) is 10.0 Å². The molecule has 38 heavy (non-hydrogen) atoms. The molecule has 0 fully saturated rings. The van der Waals surface area contributed by atoms with Gasteiger partial charge in [-0.3, -0.25) is 0 Å². The third-order valence-electron chi connectivity index (χ3n) is 7.26. The smallest absolute Gasteiger partial charge is 0.358 e. The molecule has 6 rings (SSSR count). The average molecular weight is 700 g/mol. The fraction of sp³-hybridized carbons (Fsp3) is 0.0857. The zero-order valence-electron chi connectivity index (χ0n) is 22.1. The third-order valence-corrected chi connectivity index (χ3v) is 7.76. The second-order valence-corrected chi connectivity index (χ2v) is 10.6. The summed E-state index contributed by atoms with van der Waals surface area (Å²) in [5, 5.41) is 6.58. The average Bonchev–Trinajstić information content (AvgIpc) is 3.50. The van der Waals surface area contributed by atoms with Crippen molar-refractivity contribution in [3.05, 3.63) is 145 Å². The van der Waals surface area contributed by atoms with Crippen LogP contribution in [-0.4, -0.2) is 0 Å². The minimum absolute atomic E-state index is 0. The summed E-state index contributed by atoms with van der Waals surface area (Å²) in [6, 6.07) is 38.7. The second kappa shape index (κ2) is 11.7. The Bertz CT molecular complexity index is 1540. The van der Waals surface area contributed by atoms with E-state index in [1.807, 2.05) is 24.3 Å². The molecule has 6 aromatic carbocycles. The number of halogens is 2. The van der Waals surface area contributed by atoms with Crippen LogP contribution in [0.5, 0.6) is 0 Å². The van der Waals surface area contributed by atoms with Crippen molar-refractivity contribution < 1.29 is 25.8 Å². The summed E-state index contributed by atoms with van der Waals surface area (Å²) >= 11 is 12.3. The molecule has 0 aromatic heterocycles. The molecule has 0 heterocycles. The zero-order chi connectivity index (χ0) is 24.2. The number of hydrogen-bond acceptors (Lipinski definition) is 0. The van der Waals surface area contributed by atoms with Gasteiger partial charge < -0.3 is 14.9 Å². The van der Waals surface area contributed by atoms with Crippen LogP contribution >= 0.6 is 23.2 Å². The maximum atomic E-state index is 6.13. The van der Waals surface area contributed by atoms with E-state index in [2.05, 4.69) is 98.8 Å². The van der Waals surface area contributed by atoms with E-state index in [0.29, 0.717) is 0 Å². The molecule has 0 unspecified atom stereocenters.